The summed E-state index contributed by atoms with van der Waals surface area (Å²) in [7, 11) is 1.66. The number of amides is 1. The summed E-state index contributed by atoms with van der Waals surface area (Å²) in [4.78, 5) is 12.0. The molecule has 2 aliphatic rings. The maximum Gasteiger partial charge on any atom is 0.237 e. The highest BCUT2D eigenvalue weighted by Gasteiger charge is 2.38. The smallest absolute Gasteiger partial charge is 0.237 e. The normalized spacial score (nSPS) is 34.1. The monoisotopic (exact) mass is 240 g/mol. The summed E-state index contributed by atoms with van der Waals surface area (Å²) < 4.78 is 5.03. The van der Waals surface area contributed by atoms with Crippen LogP contribution in [-0.4, -0.2) is 37.7 Å². The first-order chi connectivity index (χ1) is 8.20. The van der Waals surface area contributed by atoms with E-state index in [0.29, 0.717) is 12.6 Å². The highest BCUT2D eigenvalue weighted by molar-refractivity contribution is 5.82. The Kier molecular flexibility index (Phi) is 4.40. The third kappa shape index (κ3) is 3.19. The zero-order chi connectivity index (χ0) is 12.3. The van der Waals surface area contributed by atoms with E-state index < -0.39 is 0 Å². The molecule has 98 valence electrons. The molecule has 0 bridgehead atoms. The Morgan fingerprint density at radius 3 is 2.94 bits per heavy atom. The first kappa shape index (κ1) is 12.8. The lowest BCUT2D eigenvalue weighted by atomic mass is 9.85. The van der Waals surface area contributed by atoms with Crippen LogP contribution in [0.15, 0.2) is 0 Å². The SMILES string of the molecule is COCC(C)NC(=O)C1CC2CCCCC2N1. The molecule has 0 radical (unpaired) electrons. The van der Waals surface area contributed by atoms with Gasteiger partial charge in [-0.1, -0.05) is 12.8 Å². The molecular weight excluding hydrogens is 216 g/mol. The fraction of sp³-hybridized carbons (Fsp3) is 0.923. The number of ether oxygens (including phenoxy) is 1. The largest absolute Gasteiger partial charge is 0.383 e. The number of hydrogen-bond donors (Lipinski definition) is 2. The molecule has 4 heteroatoms. The zero-order valence-corrected chi connectivity index (χ0v) is 10.9. The van der Waals surface area contributed by atoms with Crippen molar-refractivity contribution in [1.82, 2.24) is 10.6 Å². The second-order valence-corrected chi connectivity index (χ2v) is 5.47. The quantitative estimate of drug-likeness (QED) is 0.772. The Labute approximate surface area is 103 Å². The fourth-order valence-corrected chi connectivity index (χ4v) is 3.16. The molecular formula is C13H24N2O2. The van der Waals surface area contributed by atoms with Crippen LogP contribution in [0.2, 0.25) is 0 Å². The van der Waals surface area contributed by atoms with Gasteiger partial charge in [0, 0.05) is 19.2 Å². The van der Waals surface area contributed by atoms with Gasteiger partial charge in [-0.15, -0.1) is 0 Å². The van der Waals surface area contributed by atoms with Crippen molar-refractivity contribution < 1.29 is 9.53 Å². The molecule has 2 N–H and O–H groups in total. The third-order valence-electron chi connectivity index (χ3n) is 3.98. The molecule has 4 atom stereocenters. The van der Waals surface area contributed by atoms with E-state index in [0.717, 1.165) is 12.3 Å². The molecule has 1 aliphatic carbocycles. The van der Waals surface area contributed by atoms with E-state index in [-0.39, 0.29) is 18.0 Å². The van der Waals surface area contributed by atoms with E-state index in [2.05, 4.69) is 10.6 Å². The molecule has 1 saturated heterocycles. The number of rotatable bonds is 4. The number of hydrogen-bond acceptors (Lipinski definition) is 3. The molecule has 1 amide bonds. The van der Waals surface area contributed by atoms with Gasteiger partial charge in [0.1, 0.15) is 0 Å². The summed E-state index contributed by atoms with van der Waals surface area (Å²) >= 11 is 0. The Balaban J connectivity index is 1.80. The van der Waals surface area contributed by atoms with Crippen molar-refractivity contribution in [2.45, 2.75) is 57.2 Å². The lowest BCUT2D eigenvalue weighted by Gasteiger charge is -2.24. The molecule has 0 spiro atoms. The van der Waals surface area contributed by atoms with Gasteiger partial charge >= 0.3 is 0 Å². The molecule has 1 aliphatic heterocycles. The predicted octanol–water partition coefficient (Wildman–Crippen LogP) is 1.06. The van der Waals surface area contributed by atoms with Crippen LogP contribution in [0.5, 0.6) is 0 Å². The Bertz CT molecular complexity index is 256. The molecule has 17 heavy (non-hydrogen) atoms. The van der Waals surface area contributed by atoms with Crippen molar-refractivity contribution in [2.75, 3.05) is 13.7 Å². The minimum atomic E-state index is 0.0161. The molecule has 1 heterocycles. The van der Waals surface area contributed by atoms with Gasteiger partial charge in [-0.3, -0.25) is 4.79 Å². The summed E-state index contributed by atoms with van der Waals surface area (Å²) in [6, 6.07) is 0.691. The molecule has 0 aromatic carbocycles. The van der Waals surface area contributed by atoms with Gasteiger partial charge < -0.3 is 15.4 Å². The molecule has 4 nitrogen and oxygen atoms in total. The van der Waals surface area contributed by atoms with E-state index in [1.54, 1.807) is 7.11 Å². The minimum absolute atomic E-state index is 0.0161. The van der Waals surface area contributed by atoms with Crippen LogP contribution in [-0.2, 0) is 9.53 Å². The summed E-state index contributed by atoms with van der Waals surface area (Å²) in [5.74, 6) is 0.862. The van der Waals surface area contributed by atoms with E-state index in [4.69, 9.17) is 4.74 Å². The van der Waals surface area contributed by atoms with Gasteiger partial charge in [0.05, 0.1) is 12.6 Å². The summed E-state index contributed by atoms with van der Waals surface area (Å²) in [6.07, 6.45) is 6.17. The number of carbonyl (C=O) groups excluding carboxylic acids is 1. The van der Waals surface area contributed by atoms with Crippen molar-refractivity contribution in [3.8, 4) is 0 Å². The van der Waals surface area contributed by atoms with Crippen molar-refractivity contribution in [1.29, 1.82) is 0 Å². The lowest BCUT2D eigenvalue weighted by Crippen LogP contribution is -2.47. The Morgan fingerprint density at radius 2 is 2.24 bits per heavy atom. The van der Waals surface area contributed by atoms with Gasteiger partial charge in [-0.2, -0.15) is 0 Å². The van der Waals surface area contributed by atoms with Crippen LogP contribution in [0.4, 0.5) is 0 Å². The van der Waals surface area contributed by atoms with Crippen molar-refractivity contribution in [2.24, 2.45) is 5.92 Å². The van der Waals surface area contributed by atoms with Crippen LogP contribution >= 0.6 is 0 Å². The van der Waals surface area contributed by atoms with Crippen LogP contribution in [0, 0.1) is 5.92 Å². The predicted molar refractivity (Wildman–Crippen MR) is 66.8 cm³/mol. The average Bonchev–Trinajstić information content (AvgIpc) is 2.72. The summed E-state index contributed by atoms with van der Waals surface area (Å²) in [5, 5.41) is 6.49. The molecule has 0 aromatic heterocycles. The van der Waals surface area contributed by atoms with E-state index in [1.807, 2.05) is 6.92 Å². The van der Waals surface area contributed by atoms with Gasteiger partial charge in [-0.05, 0) is 32.1 Å². The molecule has 2 fully saturated rings. The van der Waals surface area contributed by atoms with Crippen LogP contribution in [0.25, 0.3) is 0 Å². The van der Waals surface area contributed by atoms with Crippen LogP contribution in [0.3, 0.4) is 0 Å². The first-order valence-electron chi connectivity index (χ1n) is 6.76. The Morgan fingerprint density at radius 1 is 1.47 bits per heavy atom. The standard InChI is InChI=1S/C13H24N2O2/c1-9(8-17-2)14-13(16)12-7-10-5-3-4-6-11(10)15-12/h9-12,15H,3-8H2,1-2H3,(H,14,16). The van der Waals surface area contributed by atoms with Crippen LogP contribution < -0.4 is 10.6 Å². The fourth-order valence-electron chi connectivity index (χ4n) is 3.16. The number of carbonyl (C=O) groups is 1. The van der Waals surface area contributed by atoms with Crippen molar-refractivity contribution in [3.63, 3.8) is 0 Å². The Hall–Kier alpha value is -0.610. The highest BCUT2D eigenvalue weighted by atomic mass is 16.5. The topological polar surface area (TPSA) is 50.4 Å². The van der Waals surface area contributed by atoms with Crippen molar-refractivity contribution in [3.05, 3.63) is 0 Å². The van der Waals surface area contributed by atoms with Gasteiger partial charge in [0.2, 0.25) is 5.91 Å². The van der Waals surface area contributed by atoms with Crippen LogP contribution in [0.1, 0.15) is 39.0 Å². The molecule has 4 unspecified atom stereocenters. The zero-order valence-electron chi connectivity index (χ0n) is 10.9. The van der Waals surface area contributed by atoms with Gasteiger partial charge in [-0.25, -0.2) is 0 Å². The maximum absolute atomic E-state index is 12.0. The molecule has 1 saturated carbocycles. The average molecular weight is 240 g/mol. The van der Waals surface area contributed by atoms with Gasteiger partial charge in [0.25, 0.3) is 0 Å². The highest BCUT2D eigenvalue weighted by Crippen LogP contribution is 2.33. The number of fused-ring (bicyclic) bond motifs is 1. The summed E-state index contributed by atoms with van der Waals surface area (Å²) in [5.41, 5.74) is 0. The van der Waals surface area contributed by atoms with Crippen molar-refractivity contribution >= 4 is 5.91 Å². The number of methoxy groups -OCH3 is 1. The first-order valence-corrected chi connectivity index (χ1v) is 6.76. The van der Waals surface area contributed by atoms with Gasteiger partial charge in [0.15, 0.2) is 0 Å². The van der Waals surface area contributed by atoms with E-state index >= 15 is 0 Å². The maximum atomic E-state index is 12.0. The molecule has 2 rings (SSSR count). The molecule has 0 aromatic rings. The number of nitrogens with one attached hydrogen (secondary N) is 2. The third-order valence-corrected chi connectivity index (χ3v) is 3.98. The second kappa shape index (κ2) is 5.83. The second-order valence-electron chi connectivity index (χ2n) is 5.47. The van der Waals surface area contributed by atoms with E-state index in [9.17, 15) is 4.79 Å². The minimum Gasteiger partial charge on any atom is -0.383 e. The summed E-state index contributed by atoms with van der Waals surface area (Å²) in [6.45, 7) is 2.55. The van der Waals surface area contributed by atoms with E-state index in [1.165, 1.54) is 25.7 Å². The lowest BCUT2D eigenvalue weighted by molar-refractivity contribution is -0.123.